The van der Waals surface area contributed by atoms with E-state index in [4.69, 9.17) is 0 Å². The molecule has 0 radical (unpaired) electrons. The first-order chi connectivity index (χ1) is 10.2. The number of halogens is 1. The van der Waals surface area contributed by atoms with Gasteiger partial charge in [0.1, 0.15) is 0 Å². The standard InChI is InChI=1S/C17H23BrN2O/c1-2-17(8-9-19-12-17)16(21)20-10-4-7-15(20)13-5-3-6-14(18)11-13/h3,5-6,11,15,19H,2,4,7-10,12H2,1H3. The Hall–Kier alpha value is -0.870. The van der Waals surface area contributed by atoms with E-state index in [9.17, 15) is 4.79 Å². The monoisotopic (exact) mass is 350 g/mol. The van der Waals surface area contributed by atoms with Gasteiger partial charge < -0.3 is 10.2 Å². The van der Waals surface area contributed by atoms with Crippen LogP contribution in [0.3, 0.4) is 0 Å². The van der Waals surface area contributed by atoms with Crippen molar-refractivity contribution in [2.45, 2.75) is 38.6 Å². The van der Waals surface area contributed by atoms with Crippen molar-refractivity contribution in [2.75, 3.05) is 19.6 Å². The number of nitrogens with zero attached hydrogens (tertiary/aromatic N) is 1. The quantitative estimate of drug-likeness (QED) is 0.904. The summed E-state index contributed by atoms with van der Waals surface area (Å²) in [7, 11) is 0. The van der Waals surface area contributed by atoms with E-state index in [0.29, 0.717) is 5.91 Å². The number of benzene rings is 1. The zero-order valence-electron chi connectivity index (χ0n) is 12.6. The number of carbonyl (C=O) groups is 1. The summed E-state index contributed by atoms with van der Waals surface area (Å²) in [5, 5.41) is 3.38. The molecule has 21 heavy (non-hydrogen) atoms. The maximum absolute atomic E-state index is 13.1. The third kappa shape index (κ3) is 2.76. The highest BCUT2D eigenvalue weighted by atomic mass is 79.9. The van der Waals surface area contributed by atoms with Crippen LogP contribution in [0.4, 0.5) is 0 Å². The minimum Gasteiger partial charge on any atom is -0.335 e. The smallest absolute Gasteiger partial charge is 0.230 e. The molecule has 0 aromatic heterocycles. The number of hydrogen-bond acceptors (Lipinski definition) is 2. The van der Waals surface area contributed by atoms with Gasteiger partial charge in [-0.15, -0.1) is 0 Å². The molecule has 4 heteroatoms. The second-order valence-electron chi connectivity index (χ2n) is 6.27. The molecule has 114 valence electrons. The van der Waals surface area contributed by atoms with Gasteiger partial charge >= 0.3 is 0 Å². The van der Waals surface area contributed by atoms with Crippen molar-refractivity contribution in [3.63, 3.8) is 0 Å². The van der Waals surface area contributed by atoms with Crippen LogP contribution in [0.1, 0.15) is 44.2 Å². The third-order valence-corrected chi connectivity index (χ3v) is 5.61. The molecule has 2 unspecified atom stereocenters. The van der Waals surface area contributed by atoms with E-state index in [2.05, 4.69) is 51.3 Å². The number of hydrogen-bond donors (Lipinski definition) is 1. The summed E-state index contributed by atoms with van der Waals surface area (Å²) in [6.45, 7) is 4.85. The molecule has 2 atom stereocenters. The summed E-state index contributed by atoms with van der Waals surface area (Å²) >= 11 is 3.54. The van der Waals surface area contributed by atoms with Crippen molar-refractivity contribution >= 4 is 21.8 Å². The SMILES string of the molecule is CCC1(C(=O)N2CCCC2c2cccc(Br)c2)CCNC1. The van der Waals surface area contributed by atoms with Crippen LogP contribution in [0.5, 0.6) is 0 Å². The Balaban J connectivity index is 1.85. The third-order valence-electron chi connectivity index (χ3n) is 5.12. The van der Waals surface area contributed by atoms with Crippen LogP contribution in [0, 0.1) is 5.41 Å². The van der Waals surface area contributed by atoms with Gasteiger partial charge in [0, 0.05) is 17.6 Å². The fourth-order valence-electron chi connectivity index (χ4n) is 3.75. The first kappa shape index (κ1) is 15.0. The van der Waals surface area contributed by atoms with Crippen LogP contribution in [-0.4, -0.2) is 30.4 Å². The summed E-state index contributed by atoms with van der Waals surface area (Å²) in [6, 6.07) is 8.65. The topological polar surface area (TPSA) is 32.3 Å². The largest absolute Gasteiger partial charge is 0.335 e. The summed E-state index contributed by atoms with van der Waals surface area (Å²) in [4.78, 5) is 15.3. The van der Waals surface area contributed by atoms with E-state index >= 15 is 0 Å². The molecule has 1 N–H and O–H groups in total. The predicted molar refractivity (Wildman–Crippen MR) is 88.0 cm³/mol. The molecule has 2 heterocycles. The van der Waals surface area contributed by atoms with Gasteiger partial charge in [-0.3, -0.25) is 4.79 Å². The van der Waals surface area contributed by atoms with E-state index in [0.717, 1.165) is 49.8 Å². The highest BCUT2D eigenvalue weighted by Gasteiger charge is 2.45. The Morgan fingerprint density at radius 1 is 1.52 bits per heavy atom. The average molecular weight is 351 g/mol. The lowest BCUT2D eigenvalue weighted by molar-refractivity contribution is -0.142. The summed E-state index contributed by atoms with van der Waals surface area (Å²) < 4.78 is 1.09. The molecule has 2 fully saturated rings. The Kier molecular flexibility index (Phi) is 4.36. The second kappa shape index (κ2) is 6.09. The van der Waals surface area contributed by atoms with Gasteiger partial charge in [-0.25, -0.2) is 0 Å². The van der Waals surface area contributed by atoms with Gasteiger partial charge in [0.2, 0.25) is 5.91 Å². The summed E-state index contributed by atoms with van der Waals surface area (Å²) in [5.74, 6) is 0.359. The Morgan fingerprint density at radius 2 is 2.38 bits per heavy atom. The molecule has 0 aliphatic carbocycles. The maximum atomic E-state index is 13.1. The molecule has 0 saturated carbocycles. The molecule has 2 aliphatic heterocycles. The minimum atomic E-state index is -0.172. The first-order valence-corrected chi connectivity index (χ1v) is 8.73. The molecule has 0 spiro atoms. The first-order valence-electron chi connectivity index (χ1n) is 7.93. The van der Waals surface area contributed by atoms with E-state index in [1.807, 2.05) is 6.07 Å². The molecular formula is C17H23BrN2O. The summed E-state index contributed by atoms with van der Waals surface area (Å²) in [6.07, 6.45) is 4.09. The maximum Gasteiger partial charge on any atom is 0.230 e. The number of nitrogens with one attached hydrogen (secondary N) is 1. The van der Waals surface area contributed by atoms with Crippen LogP contribution in [0.2, 0.25) is 0 Å². The Morgan fingerprint density at radius 3 is 3.05 bits per heavy atom. The molecule has 2 saturated heterocycles. The number of rotatable bonds is 3. The van der Waals surface area contributed by atoms with E-state index in [1.165, 1.54) is 5.56 Å². The van der Waals surface area contributed by atoms with E-state index in [-0.39, 0.29) is 11.5 Å². The Labute approximate surface area is 135 Å². The van der Waals surface area contributed by atoms with Gasteiger partial charge in [0.05, 0.1) is 11.5 Å². The highest BCUT2D eigenvalue weighted by molar-refractivity contribution is 9.10. The van der Waals surface area contributed by atoms with E-state index < -0.39 is 0 Å². The molecule has 2 aliphatic rings. The molecule has 3 nitrogen and oxygen atoms in total. The van der Waals surface area contributed by atoms with Crippen LogP contribution in [0.15, 0.2) is 28.7 Å². The Bertz CT molecular complexity index is 525. The van der Waals surface area contributed by atoms with Crippen LogP contribution >= 0.6 is 15.9 Å². The number of amides is 1. The average Bonchev–Trinajstić information content (AvgIpc) is 3.16. The molecule has 0 bridgehead atoms. The lowest BCUT2D eigenvalue weighted by Crippen LogP contribution is -2.44. The van der Waals surface area contributed by atoms with Gasteiger partial charge in [-0.2, -0.15) is 0 Å². The molecular weight excluding hydrogens is 328 g/mol. The number of carbonyl (C=O) groups excluding carboxylic acids is 1. The fraction of sp³-hybridized carbons (Fsp3) is 0.588. The predicted octanol–water partition coefficient (Wildman–Crippen LogP) is 3.50. The molecule has 1 aromatic rings. The van der Waals surface area contributed by atoms with Crippen molar-refractivity contribution in [1.29, 1.82) is 0 Å². The summed E-state index contributed by atoms with van der Waals surface area (Å²) in [5.41, 5.74) is 1.08. The number of likely N-dealkylation sites (tertiary alicyclic amines) is 1. The van der Waals surface area contributed by atoms with Gasteiger partial charge in [-0.05, 0) is 49.9 Å². The van der Waals surface area contributed by atoms with Crippen LogP contribution in [-0.2, 0) is 4.79 Å². The van der Waals surface area contributed by atoms with Crippen LogP contribution < -0.4 is 5.32 Å². The second-order valence-corrected chi connectivity index (χ2v) is 7.19. The van der Waals surface area contributed by atoms with Gasteiger partial charge in [0.25, 0.3) is 0 Å². The van der Waals surface area contributed by atoms with E-state index in [1.54, 1.807) is 0 Å². The van der Waals surface area contributed by atoms with Crippen molar-refractivity contribution in [1.82, 2.24) is 10.2 Å². The minimum absolute atomic E-state index is 0.172. The van der Waals surface area contributed by atoms with Crippen molar-refractivity contribution in [3.8, 4) is 0 Å². The molecule has 3 rings (SSSR count). The zero-order chi connectivity index (χ0) is 14.9. The van der Waals surface area contributed by atoms with Gasteiger partial charge in [0.15, 0.2) is 0 Å². The lowest BCUT2D eigenvalue weighted by atomic mass is 9.82. The lowest BCUT2D eigenvalue weighted by Gasteiger charge is -2.34. The fourth-order valence-corrected chi connectivity index (χ4v) is 4.17. The van der Waals surface area contributed by atoms with Crippen LogP contribution in [0.25, 0.3) is 0 Å². The van der Waals surface area contributed by atoms with Crippen molar-refractivity contribution in [3.05, 3.63) is 34.3 Å². The normalized spacial score (nSPS) is 29.0. The highest BCUT2D eigenvalue weighted by Crippen LogP contribution is 2.39. The molecule has 1 aromatic carbocycles. The molecule has 1 amide bonds. The van der Waals surface area contributed by atoms with Crippen molar-refractivity contribution < 1.29 is 4.79 Å². The van der Waals surface area contributed by atoms with Crippen molar-refractivity contribution in [2.24, 2.45) is 5.41 Å². The van der Waals surface area contributed by atoms with Gasteiger partial charge in [-0.1, -0.05) is 35.0 Å². The zero-order valence-corrected chi connectivity index (χ0v) is 14.2.